The molecule has 1 N–H and O–H groups in total. The van der Waals surface area contributed by atoms with E-state index < -0.39 is 5.91 Å². The van der Waals surface area contributed by atoms with E-state index in [0.717, 1.165) is 39.2 Å². The summed E-state index contributed by atoms with van der Waals surface area (Å²) in [7, 11) is 0. The average Bonchev–Trinajstić information content (AvgIpc) is 3.25. The summed E-state index contributed by atoms with van der Waals surface area (Å²) in [5.74, 6) is 0.556. The molecular formula is C22H23N5OS2. The number of aryl methyl sites for hydroxylation is 2. The van der Waals surface area contributed by atoms with Gasteiger partial charge in [0.1, 0.15) is 0 Å². The second-order valence-electron chi connectivity index (χ2n) is 6.96. The zero-order valence-corrected chi connectivity index (χ0v) is 19.0. The number of benzene rings is 1. The molecule has 30 heavy (non-hydrogen) atoms. The molecule has 0 unspecified atom stereocenters. The standard InChI is InChI=1S/C22H23N5OS2/c1-5-15-9-7-8-10-18(15)26-13(3)11-16(14(26)4)12-17-19(23)27-21(24-20(17)28)30-22(25-27)29-6-2/h7-12,23H,5-6H2,1-4H3. The number of rotatable bonds is 4. The number of para-hydroxylation sites is 1. The molecule has 0 bridgehead atoms. The van der Waals surface area contributed by atoms with Crippen LogP contribution in [-0.2, 0) is 11.2 Å². The average molecular weight is 438 g/mol. The lowest BCUT2D eigenvalue weighted by molar-refractivity contribution is -0.114. The maximum Gasteiger partial charge on any atom is 0.283 e. The van der Waals surface area contributed by atoms with Crippen LogP contribution < -0.4 is 0 Å². The molecule has 4 rings (SSSR count). The molecular weight excluding hydrogens is 414 g/mol. The summed E-state index contributed by atoms with van der Waals surface area (Å²) in [6.07, 6.45) is 2.70. The fourth-order valence-electron chi connectivity index (χ4n) is 3.64. The minimum Gasteiger partial charge on any atom is -0.318 e. The predicted molar refractivity (Wildman–Crippen MR) is 128 cm³/mol. The molecule has 154 valence electrons. The van der Waals surface area contributed by atoms with Gasteiger partial charge in [0.2, 0.25) is 5.17 Å². The molecule has 0 radical (unpaired) electrons. The van der Waals surface area contributed by atoms with E-state index in [-0.39, 0.29) is 11.4 Å². The zero-order valence-electron chi connectivity index (χ0n) is 17.4. The van der Waals surface area contributed by atoms with Crippen molar-refractivity contribution in [2.75, 3.05) is 5.75 Å². The molecule has 1 aromatic heterocycles. The highest BCUT2D eigenvalue weighted by atomic mass is 32.2. The van der Waals surface area contributed by atoms with Crippen molar-refractivity contribution in [3.05, 3.63) is 58.4 Å². The van der Waals surface area contributed by atoms with Crippen molar-refractivity contribution in [1.82, 2.24) is 9.58 Å². The maximum atomic E-state index is 12.7. The number of hydrogen-bond acceptors (Lipinski definition) is 5. The second-order valence-corrected chi connectivity index (χ2v) is 9.43. The molecule has 8 heteroatoms. The van der Waals surface area contributed by atoms with Crippen LogP contribution in [0, 0.1) is 19.3 Å². The third-order valence-electron chi connectivity index (χ3n) is 5.09. The predicted octanol–water partition coefficient (Wildman–Crippen LogP) is 4.99. The van der Waals surface area contributed by atoms with Gasteiger partial charge in [0.25, 0.3) is 5.91 Å². The molecule has 2 aliphatic rings. The van der Waals surface area contributed by atoms with E-state index in [1.54, 1.807) is 17.8 Å². The van der Waals surface area contributed by atoms with Gasteiger partial charge in [0.15, 0.2) is 10.2 Å². The number of nitrogens with one attached hydrogen (secondary N) is 1. The fourth-order valence-corrected chi connectivity index (χ4v) is 5.47. The molecule has 1 amide bonds. The Labute approximate surface area is 184 Å². The number of amidine groups is 2. The molecule has 0 saturated carbocycles. The van der Waals surface area contributed by atoms with Crippen molar-refractivity contribution in [3.8, 4) is 5.69 Å². The third-order valence-corrected chi connectivity index (χ3v) is 7.01. The molecule has 0 spiro atoms. The Bertz CT molecular complexity index is 1140. The highest BCUT2D eigenvalue weighted by molar-refractivity contribution is 8.45. The lowest BCUT2D eigenvalue weighted by atomic mass is 10.1. The number of carbonyl (C=O) groups is 1. The number of hydrazone groups is 1. The van der Waals surface area contributed by atoms with Crippen molar-refractivity contribution in [2.45, 2.75) is 34.1 Å². The Morgan fingerprint density at radius 1 is 1.23 bits per heavy atom. The number of aromatic nitrogens is 1. The van der Waals surface area contributed by atoms with Gasteiger partial charge in [-0.2, -0.15) is 10.0 Å². The van der Waals surface area contributed by atoms with Crippen molar-refractivity contribution in [3.63, 3.8) is 0 Å². The SMILES string of the molecule is CCSC1=NN2C(=N)C(=Cc3cc(C)n(-c4ccccc4CC)c3C)C(=O)N=C2S1. The van der Waals surface area contributed by atoms with Crippen molar-refractivity contribution in [1.29, 1.82) is 5.41 Å². The number of carbonyl (C=O) groups excluding carboxylic acids is 1. The van der Waals surface area contributed by atoms with Gasteiger partial charge in [-0.05, 0) is 67.1 Å². The number of thioether (sulfide) groups is 2. The van der Waals surface area contributed by atoms with Gasteiger partial charge in [-0.25, -0.2) is 0 Å². The van der Waals surface area contributed by atoms with Gasteiger partial charge in [-0.3, -0.25) is 10.2 Å². The van der Waals surface area contributed by atoms with Crippen molar-refractivity contribution < 1.29 is 4.79 Å². The van der Waals surface area contributed by atoms with E-state index in [0.29, 0.717) is 5.17 Å². The largest absolute Gasteiger partial charge is 0.318 e. The van der Waals surface area contributed by atoms with Crippen LogP contribution in [0.5, 0.6) is 0 Å². The van der Waals surface area contributed by atoms with Gasteiger partial charge in [-0.1, -0.05) is 43.8 Å². The molecule has 3 heterocycles. The Morgan fingerprint density at radius 3 is 2.73 bits per heavy atom. The Balaban J connectivity index is 1.75. The lowest BCUT2D eigenvalue weighted by Crippen LogP contribution is -2.35. The zero-order chi connectivity index (χ0) is 21.4. The van der Waals surface area contributed by atoms with Crippen LogP contribution in [0.3, 0.4) is 0 Å². The lowest BCUT2D eigenvalue weighted by Gasteiger charge is -2.20. The first kappa shape index (κ1) is 20.7. The minimum absolute atomic E-state index is 0.0722. The Morgan fingerprint density at radius 2 is 2.00 bits per heavy atom. The quantitative estimate of drug-likeness (QED) is 0.684. The summed E-state index contributed by atoms with van der Waals surface area (Å²) in [4.78, 5) is 16.9. The summed E-state index contributed by atoms with van der Waals surface area (Å²) >= 11 is 2.92. The van der Waals surface area contributed by atoms with Crippen LogP contribution in [0.4, 0.5) is 0 Å². The molecule has 0 atom stereocenters. The smallest absolute Gasteiger partial charge is 0.283 e. The summed E-state index contributed by atoms with van der Waals surface area (Å²) in [6, 6.07) is 10.4. The first-order valence-electron chi connectivity index (χ1n) is 9.84. The number of amides is 1. The fraction of sp³-hybridized carbons (Fsp3) is 0.273. The van der Waals surface area contributed by atoms with Crippen LogP contribution in [0.2, 0.25) is 0 Å². The highest BCUT2D eigenvalue weighted by Gasteiger charge is 2.35. The molecule has 0 fully saturated rings. The second kappa shape index (κ2) is 8.28. The number of fused-ring (bicyclic) bond motifs is 1. The van der Waals surface area contributed by atoms with Gasteiger partial charge >= 0.3 is 0 Å². The molecule has 0 aliphatic carbocycles. The topological polar surface area (TPSA) is 73.8 Å². The van der Waals surface area contributed by atoms with E-state index in [9.17, 15) is 4.79 Å². The Kier molecular flexibility index (Phi) is 5.71. The van der Waals surface area contributed by atoms with Gasteiger partial charge < -0.3 is 4.57 Å². The first-order valence-corrected chi connectivity index (χ1v) is 11.6. The van der Waals surface area contributed by atoms with Crippen LogP contribution >= 0.6 is 23.5 Å². The summed E-state index contributed by atoms with van der Waals surface area (Å²) in [5, 5.41) is 14.9. The molecule has 6 nitrogen and oxygen atoms in total. The summed E-state index contributed by atoms with van der Waals surface area (Å²) in [6.45, 7) is 8.28. The van der Waals surface area contributed by atoms with E-state index in [1.807, 2.05) is 19.9 Å². The van der Waals surface area contributed by atoms with Gasteiger partial charge in [0.05, 0.1) is 5.57 Å². The molecule has 0 saturated heterocycles. The monoisotopic (exact) mass is 437 g/mol. The van der Waals surface area contributed by atoms with E-state index in [2.05, 4.69) is 52.8 Å². The van der Waals surface area contributed by atoms with E-state index in [1.165, 1.54) is 22.3 Å². The van der Waals surface area contributed by atoms with Crippen molar-refractivity contribution >= 4 is 50.9 Å². The molecule has 2 aliphatic heterocycles. The van der Waals surface area contributed by atoms with E-state index >= 15 is 0 Å². The first-order chi connectivity index (χ1) is 14.4. The number of nitrogens with zero attached hydrogens (tertiary/aromatic N) is 4. The minimum atomic E-state index is -0.393. The summed E-state index contributed by atoms with van der Waals surface area (Å²) in [5.41, 5.74) is 5.68. The van der Waals surface area contributed by atoms with E-state index in [4.69, 9.17) is 5.41 Å². The van der Waals surface area contributed by atoms with Crippen LogP contribution in [0.1, 0.15) is 36.4 Å². The van der Waals surface area contributed by atoms with Crippen LogP contribution in [0.25, 0.3) is 11.8 Å². The summed E-state index contributed by atoms with van der Waals surface area (Å²) < 4.78 is 3.01. The van der Waals surface area contributed by atoms with Crippen LogP contribution in [-0.4, -0.2) is 36.6 Å². The number of aliphatic imine (C=N–C) groups is 1. The third kappa shape index (κ3) is 3.54. The van der Waals surface area contributed by atoms with Crippen LogP contribution in [0.15, 0.2) is 46.0 Å². The normalized spacial score (nSPS) is 17.5. The molecule has 1 aromatic carbocycles. The van der Waals surface area contributed by atoms with Gasteiger partial charge in [0, 0.05) is 17.1 Å². The van der Waals surface area contributed by atoms with Gasteiger partial charge in [-0.15, -0.1) is 5.10 Å². The maximum absolute atomic E-state index is 12.7. The van der Waals surface area contributed by atoms with Crippen molar-refractivity contribution in [2.24, 2.45) is 10.1 Å². The Hall–Kier alpha value is -2.58. The molecule has 2 aromatic rings. The number of hydrogen-bond donors (Lipinski definition) is 1. The highest BCUT2D eigenvalue weighted by Crippen LogP contribution is 2.33.